The topological polar surface area (TPSA) is 74.8 Å². The fraction of sp³-hybridized carbons (Fsp3) is 0.316. The van der Waals surface area contributed by atoms with E-state index in [1.807, 2.05) is 4.90 Å². The van der Waals surface area contributed by atoms with Gasteiger partial charge in [-0.15, -0.1) is 0 Å². The Morgan fingerprint density at radius 2 is 1.89 bits per heavy atom. The monoisotopic (exact) mass is 390 g/mol. The molecule has 0 bridgehead atoms. The average Bonchev–Trinajstić information content (AvgIpc) is 2.70. The molecule has 2 heterocycles. The molecule has 0 atom stereocenters. The number of hydrogen-bond donors (Lipinski definition) is 1. The summed E-state index contributed by atoms with van der Waals surface area (Å²) in [6.07, 6.45) is 1.07. The summed E-state index contributed by atoms with van der Waals surface area (Å²) in [7, 11) is 0. The van der Waals surface area contributed by atoms with Gasteiger partial charge in [0.15, 0.2) is 0 Å². The Bertz CT molecular complexity index is 853. The first kappa shape index (κ1) is 19.5. The second-order valence-corrected chi connectivity index (χ2v) is 6.16. The number of anilines is 2. The minimum absolute atomic E-state index is 0.106. The summed E-state index contributed by atoms with van der Waals surface area (Å²) in [4.78, 5) is 31.9. The van der Waals surface area contributed by atoms with E-state index < -0.39 is 17.5 Å². The van der Waals surface area contributed by atoms with Crippen LogP contribution >= 0.6 is 0 Å². The molecular weight excluding hydrogens is 370 g/mol. The molecule has 0 unspecified atom stereocenters. The first-order valence-corrected chi connectivity index (χ1v) is 8.87. The second-order valence-electron chi connectivity index (χ2n) is 6.16. The number of aromatic nitrogens is 1. The van der Waals surface area contributed by atoms with Crippen LogP contribution in [0.4, 0.5) is 25.1 Å². The molecule has 7 nitrogen and oxygen atoms in total. The maximum atomic E-state index is 13.7. The van der Waals surface area contributed by atoms with Gasteiger partial charge in [-0.1, -0.05) is 0 Å². The third kappa shape index (κ3) is 4.54. The molecule has 1 aromatic carbocycles. The molecule has 3 rings (SSSR count). The van der Waals surface area contributed by atoms with Crippen molar-refractivity contribution in [2.75, 3.05) is 43.0 Å². The second kappa shape index (κ2) is 8.64. The SMILES string of the molecule is CCOC(=O)N1CCN(c2ccc(C(=O)Nc3ccc(F)cc3F)cn2)CC1. The molecule has 1 aromatic heterocycles. The molecule has 1 fully saturated rings. The number of carbonyl (C=O) groups is 2. The predicted octanol–water partition coefficient (Wildman–Crippen LogP) is 2.89. The van der Waals surface area contributed by atoms with Gasteiger partial charge >= 0.3 is 6.09 Å². The van der Waals surface area contributed by atoms with Crippen LogP contribution < -0.4 is 10.2 Å². The van der Waals surface area contributed by atoms with E-state index in [9.17, 15) is 18.4 Å². The highest BCUT2D eigenvalue weighted by atomic mass is 19.1. The Kier molecular flexibility index (Phi) is 6.03. The van der Waals surface area contributed by atoms with Crippen LogP contribution in [0.15, 0.2) is 36.5 Å². The summed E-state index contributed by atoms with van der Waals surface area (Å²) in [5.74, 6) is -1.44. The van der Waals surface area contributed by atoms with E-state index in [1.54, 1.807) is 24.0 Å². The van der Waals surface area contributed by atoms with Crippen molar-refractivity contribution >= 4 is 23.5 Å². The van der Waals surface area contributed by atoms with Crippen LogP contribution in [0.3, 0.4) is 0 Å². The largest absolute Gasteiger partial charge is 0.450 e. The average molecular weight is 390 g/mol. The quantitative estimate of drug-likeness (QED) is 0.869. The molecule has 28 heavy (non-hydrogen) atoms. The van der Waals surface area contributed by atoms with Crippen LogP contribution in [0.25, 0.3) is 0 Å². The predicted molar refractivity (Wildman–Crippen MR) is 99.4 cm³/mol. The lowest BCUT2D eigenvalue weighted by molar-refractivity contribution is 0.102. The molecule has 1 N–H and O–H groups in total. The first-order valence-electron chi connectivity index (χ1n) is 8.87. The zero-order valence-electron chi connectivity index (χ0n) is 15.3. The number of benzene rings is 1. The summed E-state index contributed by atoms with van der Waals surface area (Å²) in [5, 5.41) is 2.39. The van der Waals surface area contributed by atoms with Crippen molar-refractivity contribution in [1.29, 1.82) is 0 Å². The molecule has 2 aromatic rings. The van der Waals surface area contributed by atoms with E-state index in [1.165, 1.54) is 6.20 Å². The number of rotatable bonds is 4. The Morgan fingerprint density at radius 1 is 1.14 bits per heavy atom. The van der Waals surface area contributed by atoms with E-state index in [0.717, 1.165) is 12.1 Å². The zero-order chi connectivity index (χ0) is 20.1. The fourth-order valence-electron chi connectivity index (χ4n) is 2.83. The van der Waals surface area contributed by atoms with Gasteiger partial charge in [-0.2, -0.15) is 0 Å². The molecule has 0 radical (unpaired) electrons. The maximum absolute atomic E-state index is 13.7. The van der Waals surface area contributed by atoms with Crippen molar-refractivity contribution in [3.05, 3.63) is 53.7 Å². The minimum atomic E-state index is -0.850. The van der Waals surface area contributed by atoms with E-state index >= 15 is 0 Å². The smallest absolute Gasteiger partial charge is 0.409 e. The minimum Gasteiger partial charge on any atom is -0.450 e. The van der Waals surface area contributed by atoms with E-state index in [-0.39, 0.29) is 17.3 Å². The fourth-order valence-corrected chi connectivity index (χ4v) is 2.83. The number of halogens is 2. The van der Waals surface area contributed by atoms with Crippen molar-refractivity contribution in [3.63, 3.8) is 0 Å². The molecule has 1 aliphatic rings. The van der Waals surface area contributed by atoms with Gasteiger partial charge in [0.05, 0.1) is 17.9 Å². The normalized spacial score (nSPS) is 14.0. The number of nitrogens with zero attached hydrogens (tertiary/aromatic N) is 3. The Hall–Kier alpha value is -3.23. The summed E-state index contributed by atoms with van der Waals surface area (Å²) in [5.41, 5.74) is 0.142. The number of pyridine rings is 1. The first-order chi connectivity index (χ1) is 13.5. The van der Waals surface area contributed by atoms with Gasteiger partial charge < -0.3 is 19.9 Å². The zero-order valence-corrected chi connectivity index (χ0v) is 15.3. The molecule has 2 amide bonds. The van der Waals surface area contributed by atoms with Crippen LogP contribution in [-0.2, 0) is 4.74 Å². The van der Waals surface area contributed by atoms with Crippen molar-refractivity contribution < 1.29 is 23.1 Å². The Balaban J connectivity index is 1.59. The molecule has 1 saturated heterocycles. The summed E-state index contributed by atoms with van der Waals surface area (Å²) in [6.45, 7) is 4.33. The van der Waals surface area contributed by atoms with Crippen LogP contribution in [0, 0.1) is 11.6 Å². The van der Waals surface area contributed by atoms with Gasteiger partial charge in [-0.3, -0.25) is 4.79 Å². The standard InChI is InChI=1S/C19H20F2N4O3/c1-2-28-19(27)25-9-7-24(8-10-25)17-6-3-13(12-22-17)18(26)23-16-5-4-14(20)11-15(16)21/h3-6,11-12H,2,7-10H2,1H3,(H,23,26). The highest BCUT2D eigenvalue weighted by molar-refractivity contribution is 6.04. The maximum Gasteiger partial charge on any atom is 0.409 e. The van der Waals surface area contributed by atoms with Gasteiger partial charge in [0.25, 0.3) is 5.91 Å². The molecule has 0 saturated carbocycles. The van der Waals surface area contributed by atoms with Gasteiger partial charge in [0.1, 0.15) is 17.5 Å². The van der Waals surface area contributed by atoms with Crippen LogP contribution in [0.1, 0.15) is 17.3 Å². The number of amides is 2. The van der Waals surface area contributed by atoms with E-state index in [2.05, 4.69) is 10.3 Å². The third-order valence-electron chi connectivity index (χ3n) is 4.32. The number of nitrogens with one attached hydrogen (secondary N) is 1. The van der Waals surface area contributed by atoms with Crippen molar-refractivity contribution in [2.24, 2.45) is 0 Å². The Labute approximate surface area is 160 Å². The van der Waals surface area contributed by atoms with Crippen LogP contribution in [-0.4, -0.2) is 54.7 Å². The molecule has 9 heteroatoms. The summed E-state index contributed by atoms with van der Waals surface area (Å²) in [6, 6.07) is 6.20. The highest BCUT2D eigenvalue weighted by Gasteiger charge is 2.22. The lowest BCUT2D eigenvalue weighted by Crippen LogP contribution is -2.49. The van der Waals surface area contributed by atoms with Gasteiger partial charge in [-0.25, -0.2) is 18.6 Å². The number of ether oxygens (including phenoxy) is 1. The van der Waals surface area contributed by atoms with E-state index in [0.29, 0.717) is 44.7 Å². The highest BCUT2D eigenvalue weighted by Crippen LogP contribution is 2.18. The molecule has 0 spiro atoms. The lowest BCUT2D eigenvalue weighted by Gasteiger charge is -2.34. The molecule has 0 aliphatic carbocycles. The molecular formula is C19H20F2N4O3. The van der Waals surface area contributed by atoms with Crippen molar-refractivity contribution in [2.45, 2.75) is 6.92 Å². The van der Waals surface area contributed by atoms with Crippen LogP contribution in [0.2, 0.25) is 0 Å². The number of hydrogen-bond acceptors (Lipinski definition) is 5. The lowest BCUT2D eigenvalue weighted by atomic mass is 10.2. The van der Waals surface area contributed by atoms with Gasteiger partial charge in [0, 0.05) is 38.4 Å². The van der Waals surface area contributed by atoms with Crippen LogP contribution in [0.5, 0.6) is 0 Å². The summed E-state index contributed by atoms with van der Waals surface area (Å²) < 4.78 is 31.6. The van der Waals surface area contributed by atoms with Crippen molar-refractivity contribution in [1.82, 2.24) is 9.88 Å². The van der Waals surface area contributed by atoms with Gasteiger partial charge in [-0.05, 0) is 31.2 Å². The number of piperazine rings is 1. The third-order valence-corrected chi connectivity index (χ3v) is 4.32. The summed E-state index contributed by atoms with van der Waals surface area (Å²) >= 11 is 0. The molecule has 1 aliphatic heterocycles. The van der Waals surface area contributed by atoms with E-state index in [4.69, 9.17) is 4.74 Å². The Morgan fingerprint density at radius 3 is 2.50 bits per heavy atom. The number of carbonyl (C=O) groups excluding carboxylic acids is 2. The molecule has 148 valence electrons. The van der Waals surface area contributed by atoms with Crippen molar-refractivity contribution in [3.8, 4) is 0 Å². The van der Waals surface area contributed by atoms with Gasteiger partial charge in [0.2, 0.25) is 0 Å².